The first-order valence-electron chi connectivity index (χ1n) is 8.57. The Hall–Kier alpha value is -1.75. The number of hydrogen-bond acceptors (Lipinski definition) is 3. The van der Waals surface area contributed by atoms with E-state index >= 15 is 0 Å². The summed E-state index contributed by atoms with van der Waals surface area (Å²) in [5.74, 6) is 0.875. The van der Waals surface area contributed by atoms with Crippen LogP contribution in [-0.4, -0.2) is 49.9 Å². The van der Waals surface area contributed by atoms with E-state index in [2.05, 4.69) is 5.32 Å². The molecule has 1 heterocycles. The van der Waals surface area contributed by atoms with Gasteiger partial charge in [0.15, 0.2) is 0 Å². The maximum atomic E-state index is 12.5. The van der Waals surface area contributed by atoms with Crippen molar-refractivity contribution in [2.24, 2.45) is 0 Å². The van der Waals surface area contributed by atoms with E-state index in [0.29, 0.717) is 19.7 Å². The van der Waals surface area contributed by atoms with Gasteiger partial charge in [0.25, 0.3) is 0 Å². The predicted octanol–water partition coefficient (Wildman–Crippen LogP) is 2.59. The summed E-state index contributed by atoms with van der Waals surface area (Å²) in [6, 6.07) is 8.23. The molecule has 2 aliphatic rings. The van der Waals surface area contributed by atoms with Crippen LogP contribution in [0.2, 0.25) is 0 Å². The van der Waals surface area contributed by atoms with Gasteiger partial charge >= 0.3 is 6.03 Å². The Balaban J connectivity index is 1.52. The lowest BCUT2D eigenvalue weighted by atomic mass is 9.90. The minimum Gasteiger partial charge on any atom is -0.496 e. The van der Waals surface area contributed by atoms with Crippen LogP contribution in [-0.2, 0) is 11.2 Å². The number of methoxy groups -OCH3 is 1. The van der Waals surface area contributed by atoms with Crippen molar-refractivity contribution in [3.05, 3.63) is 29.8 Å². The molecule has 1 aromatic rings. The van der Waals surface area contributed by atoms with Crippen LogP contribution in [0.5, 0.6) is 5.75 Å². The summed E-state index contributed by atoms with van der Waals surface area (Å²) < 4.78 is 11.2. The molecule has 1 N–H and O–H groups in total. The Bertz CT molecular complexity index is 533. The van der Waals surface area contributed by atoms with Crippen LogP contribution in [0, 0.1) is 0 Å². The number of hydrogen-bond donors (Lipinski definition) is 1. The number of nitrogens with one attached hydrogen (secondary N) is 1. The molecular formula is C18H26N2O3. The van der Waals surface area contributed by atoms with E-state index in [4.69, 9.17) is 9.47 Å². The minimum atomic E-state index is 0.0418. The summed E-state index contributed by atoms with van der Waals surface area (Å²) in [6.45, 7) is 1.97. The van der Waals surface area contributed by atoms with Gasteiger partial charge in [-0.15, -0.1) is 0 Å². The van der Waals surface area contributed by atoms with Crippen LogP contribution in [0.25, 0.3) is 0 Å². The minimum absolute atomic E-state index is 0.0418. The highest BCUT2D eigenvalue weighted by Gasteiger charge is 2.36. The largest absolute Gasteiger partial charge is 0.496 e. The number of carbonyl (C=O) groups excluding carboxylic acids is 1. The summed E-state index contributed by atoms with van der Waals surface area (Å²) in [6.07, 6.45) is 5.55. The molecule has 126 valence electrons. The second-order valence-electron chi connectivity index (χ2n) is 6.25. The summed E-state index contributed by atoms with van der Waals surface area (Å²) >= 11 is 0. The molecule has 3 rings (SSSR count). The van der Waals surface area contributed by atoms with Crippen molar-refractivity contribution in [3.8, 4) is 5.75 Å². The highest BCUT2D eigenvalue weighted by molar-refractivity contribution is 5.74. The monoisotopic (exact) mass is 318 g/mol. The zero-order valence-electron chi connectivity index (χ0n) is 13.8. The van der Waals surface area contributed by atoms with Gasteiger partial charge in [0, 0.05) is 13.1 Å². The molecule has 1 saturated carbocycles. The third kappa shape index (κ3) is 3.78. The number of nitrogens with zero attached hydrogens (tertiary/aromatic N) is 1. The average molecular weight is 318 g/mol. The van der Waals surface area contributed by atoms with Gasteiger partial charge in [-0.2, -0.15) is 0 Å². The number of morpholine rings is 1. The van der Waals surface area contributed by atoms with Gasteiger partial charge in [-0.25, -0.2) is 4.79 Å². The topological polar surface area (TPSA) is 50.8 Å². The van der Waals surface area contributed by atoms with E-state index in [9.17, 15) is 4.79 Å². The first-order chi connectivity index (χ1) is 11.3. The van der Waals surface area contributed by atoms with E-state index in [1.165, 1.54) is 12.8 Å². The third-order valence-corrected chi connectivity index (χ3v) is 4.86. The number of urea groups is 1. The van der Waals surface area contributed by atoms with Gasteiger partial charge in [-0.3, -0.25) is 0 Å². The smallest absolute Gasteiger partial charge is 0.317 e. The molecule has 0 spiro atoms. The molecule has 0 radical (unpaired) electrons. The lowest BCUT2D eigenvalue weighted by Crippen LogP contribution is -2.57. The molecule has 0 bridgehead atoms. The van der Waals surface area contributed by atoms with E-state index in [0.717, 1.165) is 30.6 Å². The van der Waals surface area contributed by atoms with Gasteiger partial charge in [-0.1, -0.05) is 31.0 Å². The Morgan fingerprint density at radius 1 is 1.35 bits per heavy atom. The molecule has 1 aromatic carbocycles. The van der Waals surface area contributed by atoms with Crippen molar-refractivity contribution < 1.29 is 14.3 Å². The summed E-state index contributed by atoms with van der Waals surface area (Å²) in [4.78, 5) is 14.5. The second kappa shape index (κ2) is 7.68. The lowest BCUT2D eigenvalue weighted by Gasteiger charge is -2.43. The molecule has 2 amide bonds. The van der Waals surface area contributed by atoms with Gasteiger partial charge in [0.1, 0.15) is 5.75 Å². The molecule has 0 aromatic heterocycles. The number of benzene rings is 1. The fourth-order valence-electron chi connectivity index (χ4n) is 3.66. The van der Waals surface area contributed by atoms with Crippen LogP contribution in [0.15, 0.2) is 24.3 Å². The van der Waals surface area contributed by atoms with Crippen molar-refractivity contribution in [3.63, 3.8) is 0 Å². The number of carbonyl (C=O) groups is 1. The molecule has 5 nitrogen and oxygen atoms in total. The van der Waals surface area contributed by atoms with Gasteiger partial charge in [-0.05, 0) is 30.9 Å². The number of fused-ring (bicyclic) bond motifs is 1. The average Bonchev–Trinajstić information content (AvgIpc) is 2.61. The molecule has 5 heteroatoms. The number of rotatable bonds is 4. The number of amides is 2. The maximum absolute atomic E-state index is 12.5. The van der Waals surface area contributed by atoms with Gasteiger partial charge < -0.3 is 19.7 Å². The van der Waals surface area contributed by atoms with Crippen LogP contribution >= 0.6 is 0 Å². The van der Waals surface area contributed by atoms with Crippen LogP contribution < -0.4 is 10.1 Å². The van der Waals surface area contributed by atoms with E-state index < -0.39 is 0 Å². The zero-order valence-corrected chi connectivity index (χ0v) is 13.8. The Morgan fingerprint density at radius 2 is 2.17 bits per heavy atom. The molecule has 1 aliphatic heterocycles. The third-order valence-electron chi connectivity index (χ3n) is 4.86. The van der Waals surface area contributed by atoms with Crippen LogP contribution in [0.3, 0.4) is 0 Å². The fourth-order valence-corrected chi connectivity index (χ4v) is 3.66. The van der Waals surface area contributed by atoms with Gasteiger partial charge in [0.05, 0.1) is 25.9 Å². The summed E-state index contributed by atoms with van der Waals surface area (Å²) in [7, 11) is 1.67. The first kappa shape index (κ1) is 16.1. The van der Waals surface area contributed by atoms with Crippen molar-refractivity contribution in [2.45, 2.75) is 44.2 Å². The normalized spacial score (nSPS) is 24.0. The Kier molecular flexibility index (Phi) is 5.39. The van der Waals surface area contributed by atoms with Crippen molar-refractivity contribution >= 4 is 6.03 Å². The Morgan fingerprint density at radius 3 is 3.04 bits per heavy atom. The molecule has 1 aliphatic carbocycles. The zero-order chi connectivity index (χ0) is 16.1. The molecule has 2 fully saturated rings. The summed E-state index contributed by atoms with van der Waals surface area (Å²) in [5.41, 5.74) is 1.12. The Labute approximate surface area is 137 Å². The van der Waals surface area contributed by atoms with E-state index in [1.54, 1.807) is 7.11 Å². The summed E-state index contributed by atoms with van der Waals surface area (Å²) in [5, 5.41) is 3.06. The number of ether oxygens (including phenoxy) is 2. The maximum Gasteiger partial charge on any atom is 0.317 e. The highest BCUT2D eigenvalue weighted by Crippen LogP contribution is 2.28. The molecule has 2 unspecified atom stereocenters. The van der Waals surface area contributed by atoms with E-state index in [-0.39, 0.29) is 18.2 Å². The fraction of sp³-hybridized carbons (Fsp3) is 0.611. The van der Waals surface area contributed by atoms with Crippen LogP contribution in [0.4, 0.5) is 4.79 Å². The standard InChI is InChI=1S/C18H26N2O3/c1-22-16-8-4-2-6-14(16)10-11-19-18(21)20-12-13-23-17-9-5-3-7-15(17)20/h2,4,6,8,15,17H,3,5,7,9-13H2,1H3,(H,19,21). The first-order valence-corrected chi connectivity index (χ1v) is 8.57. The molecule has 2 atom stereocenters. The predicted molar refractivity (Wildman–Crippen MR) is 88.8 cm³/mol. The molecule has 1 saturated heterocycles. The molecular weight excluding hydrogens is 292 g/mol. The van der Waals surface area contributed by atoms with E-state index in [1.807, 2.05) is 29.2 Å². The van der Waals surface area contributed by atoms with Gasteiger partial charge in [0.2, 0.25) is 0 Å². The van der Waals surface area contributed by atoms with Crippen LogP contribution in [0.1, 0.15) is 31.2 Å². The SMILES string of the molecule is COc1ccccc1CCNC(=O)N1CCOC2CCCCC21. The molecule has 23 heavy (non-hydrogen) atoms. The second-order valence-corrected chi connectivity index (χ2v) is 6.25. The quantitative estimate of drug-likeness (QED) is 0.928. The highest BCUT2D eigenvalue weighted by atomic mass is 16.5. The van der Waals surface area contributed by atoms with Crippen molar-refractivity contribution in [1.29, 1.82) is 0 Å². The lowest BCUT2D eigenvalue weighted by molar-refractivity contribution is -0.0711. The van der Waals surface area contributed by atoms with Crippen molar-refractivity contribution in [2.75, 3.05) is 26.8 Å². The number of para-hydroxylation sites is 1. The van der Waals surface area contributed by atoms with Crippen molar-refractivity contribution in [1.82, 2.24) is 10.2 Å².